The molecule has 1 heterocycles. The van der Waals surface area contributed by atoms with Crippen LogP contribution in [0, 0.1) is 0 Å². The second-order valence-electron chi connectivity index (χ2n) is 4.70. The Morgan fingerprint density at radius 3 is 2.38 bits per heavy atom. The van der Waals surface area contributed by atoms with Crippen LogP contribution in [0.15, 0.2) is 58.9 Å². The number of ether oxygens (including phenoxy) is 2. The van der Waals surface area contributed by atoms with E-state index in [2.05, 4.69) is 22.4 Å². The number of hydrogen-bond donors (Lipinski definition) is 0. The summed E-state index contributed by atoms with van der Waals surface area (Å²) < 4.78 is 10.8. The fourth-order valence-electron chi connectivity index (χ4n) is 2.45. The van der Waals surface area contributed by atoms with Crippen LogP contribution >= 0.6 is 0 Å². The minimum Gasteiger partial charge on any atom is -0.493 e. The predicted octanol–water partition coefficient (Wildman–Crippen LogP) is 4.23. The Kier molecular flexibility index (Phi) is 3.69. The van der Waals surface area contributed by atoms with E-state index in [4.69, 9.17) is 9.47 Å². The normalized spacial score (nSPS) is 16.2. The van der Waals surface area contributed by atoms with Crippen molar-refractivity contribution in [3.05, 3.63) is 65.4 Å². The fourth-order valence-corrected chi connectivity index (χ4v) is 2.45. The maximum atomic E-state index is 5.41. The van der Waals surface area contributed by atoms with Gasteiger partial charge in [0.05, 0.1) is 14.2 Å². The van der Waals surface area contributed by atoms with E-state index in [-0.39, 0.29) is 6.04 Å². The van der Waals surface area contributed by atoms with Crippen molar-refractivity contribution >= 4 is 6.08 Å². The van der Waals surface area contributed by atoms with E-state index in [0.717, 1.165) is 16.7 Å². The van der Waals surface area contributed by atoms with Crippen LogP contribution < -0.4 is 9.47 Å². The van der Waals surface area contributed by atoms with Gasteiger partial charge in [0.15, 0.2) is 11.5 Å². The molecule has 1 atom stereocenters. The topological polar surface area (TPSA) is 43.2 Å². The molecular weight excluding hydrogens is 264 g/mol. The van der Waals surface area contributed by atoms with E-state index in [1.54, 1.807) is 20.4 Å². The van der Waals surface area contributed by atoms with Crippen LogP contribution in [0.3, 0.4) is 0 Å². The lowest BCUT2D eigenvalue weighted by atomic mass is 9.94. The quantitative estimate of drug-likeness (QED) is 0.844. The Morgan fingerprint density at radius 2 is 1.67 bits per heavy atom. The van der Waals surface area contributed by atoms with Crippen LogP contribution in [-0.2, 0) is 0 Å². The van der Waals surface area contributed by atoms with E-state index >= 15 is 0 Å². The summed E-state index contributed by atoms with van der Waals surface area (Å²) in [5.41, 5.74) is 3.18. The SMILES string of the molecule is COc1cc2c(cc1OC)C(c1ccccc1)N=NC=C2. The van der Waals surface area contributed by atoms with E-state index in [9.17, 15) is 0 Å². The van der Waals surface area contributed by atoms with Gasteiger partial charge in [-0.3, -0.25) is 0 Å². The Labute approximate surface area is 123 Å². The third-order valence-electron chi connectivity index (χ3n) is 3.50. The van der Waals surface area contributed by atoms with Gasteiger partial charge in [-0.1, -0.05) is 30.3 Å². The molecule has 0 radical (unpaired) electrons. The first kappa shape index (κ1) is 13.4. The largest absolute Gasteiger partial charge is 0.493 e. The molecule has 3 rings (SSSR count). The molecular formula is C17H16N2O2. The van der Waals surface area contributed by atoms with Crippen LogP contribution in [-0.4, -0.2) is 14.2 Å². The second kappa shape index (κ2) is 5.79. The summed E-state index contributed by atoms with van der Waals surface area (Å²) in [5.74, 6) is 1.40. The molecule has 2 aromatic carbocycles. The molecule has 0 saturated heterocycles. The van der Waals surface area contributed by atoms with Gasteiger partial charge in [0.1, 0.15) is 6.04 Å². The van der Waals surface area contributed by atoms with Gasteiger partial charge in [-0.25, -0.2) is 0 Å². The highest BCUT2D eigenvalue weighted by Gasteiger charge is 2.20. The summed E-state index contributed by atoms with van der Waals surface area (Å²) in [5, 5.41) is 8.52. The summed E-state index contributed by atoms with van der Waals surface area (Å²) in [7, 11) is 3.27. The average molecular weight is 280 g/mol. The number of fused-ring (bicyclic) bond motifs is 1. The van der Waals surface area contributed by atoms with Crippen molar-refractivity contribution in [2.75, 3.05) is 14.2 Å². The smallest absolute Gasteiger partial charge is 0.161 e. The van der Waals surface area contributed by atoms with Crippen LogP contribution in [0.1, 0.15) is 22.7 Å². The minimum atomic E-state index is -0.143. The van der Waals surface area contributed by atoms with Crippen molar-refractivity contribution < 1.29 is 9.47 Å². The van der Waals surface area contributed by atoms with Crippen LogP contribution in [0.4, 0.5) is 0 Å². The molecule has 0 aliphatic carbocycles. The van der Waals surface area contributed by atoms with E-state index in [0.29, 0.717) is 11.5 Å². The zero-order valence-corrected chi connectivity index (χ0v) is 12.0. The number of benzene rings is 2. The summed E-state index contributed by atoms with van der Waals surface area (Å²) >= 11 is 0. The monoisotopic (exact) mass is 280 g/mol. The van der Waals surface area contributed by atoms with E-state index in [1.165, 1.54) is 0 Å². The molecule has 1 aliphatic heterocycles. The first-order chi connectivity index (χ1) is 10.3. The number of nitrogens with zero attached hydrogens (tertiary/aromatic N) is 2. The standard InChI is InChI=1S/C17H16N2O2/c1-20-15-10-13-8-9-18-19-17(12-6-4-3-5-7-12)14(13)11-16(15)21-2/h3-11,17H,1-2H3. The fraction of sp³-hybridized carbons (Fsp3) is 0.176. The van der Waals surface area contributed by atoms with Crippen molar-refractivity contribution in [3.63, 3.8) is 0 Å². The predicted molar refractivity (Wildman–Crippen MR) is 81.7 cm³/mol. The summed E-state index contributed by atoms with van der Waals surface area (Å²) in [6, 6.07) is 13.9. The molecule has 0 saturated carbocycles. The Hall–Kier alpha value is -2.62. The number of methoxy groups -OCH3 is 2. The van der Waals surface area contributed by atoms with Crippen molar-refractivity contribution in [3.8, 4) is 11.5 Å². The van der Waals surface area contributed by atoms with Crippen molar-refractivity contribution in [2.45, 2.75) is 6.04 Å². The molecule has 1 unspecified atom stereocenters. The number of azo groups is 1. The first-order valence-electron chi connectivity index (χ1n) is 6.71. The molecule has 106 valence electrons. The van der Waals surface area contributed by atoms with Gasteiger partial charge in [-0.15, -0.1) is 0 Å². The number of hydrogen-bond acceptors (Lipinski definition) is 4. The molecule has 0 bridgehead atoms. The van der Waals surface area contributed by atoms with Crippen molar-refractivity contribution in [1.29, 1.82) is 0 Å². The lowest BCUT2D eigenvalue weighted by Crippen LogP contribution is -2.01. The molecule has 0 fully saturated rings. The van der Waals surface area contributed by atoms with E-state index in [1.807, 2.05) is 36.4 Å². The van der Waals surface area contributed by atoms with Crippen LogP contribution in [0.25, 0.3) is 6.08 Å². The minimum absolute atomic E-state index is 0.143. The van der Waals surface area contributed by atoms with Gasteiger partial charge in [0.2, 0.25) is 0 Å². The van der Waals surface area contributed by atoms with Crippen molar-refractivity contribution in [2.24, 2.45) is 10.2 Å². The maximum absolute atomic E-state index is 5.41. The molecule has 4 nitrogen and oxygen atoms in total. The Morgan fingerprint density at radius 1 is 0.952 bits per heavy atom. The molecule has 0 aromatic heterocycles. The third-order valence-corrected chi connectivity index (χ3v) is 3.50. The second-order valence-corrected chi connectivity index (χ2v) is 4.70. The summed E-state index contributed by atoms with van der Waals surface area (Å²) in [6.45, 7) is 0. The summed E-state index contributed by atoms with van der Waals surface area (Å²) in [6.07, 6.45) is 3.64. The average Bonchev–Trinajstić information content (AvgIpc) is 2.76. The van der Waals surface area contributed by atoms with Crippen molar-refractivity contribution in [1.82, 2.24) is 0 Å². The van der Waals surface area contributed by atoms with Gasteiger partial charge in [-0.05, 0) is 34.9 Å². The highest BCUT2D eigenvalue weighted by molar-refractivity contribution is 5.62. The molecule has 4 heteroatoms. The van der Waals surface area contributed by atoms with Gasteiger partial charge in [-0.2, -0.15) is 10.2 Å². The summed E-state index contributed by atoms with van der Waals surface area (Å²) in [4.78, 5) is 0. The maximum Gasteiger partial charge on any atom is 0.161 e. The number of rotatable bonds is 3. The van der Waals surface area contributed by atoms with Crippen LogP contribution in [0.2, 0.25) is 0 Å². The molecule has 2 aromatic rings. The lowest BCUT2D eigenvalue weighted by molar-refractivity contribution is 0.354. The molecule has 0 N–H and O–H groups in total. The first-order valence-corrected chi connectivity index (χ1v) is 6.71. The van der Waals surface area contributed by atoms with Crippen LogP contribution in [0.5, 0.6) is 11.5 Å². The molecule has 0 spiro atoms. The van der Waals surface area contributed by atoms with E-state index < -0.39 is 0 Å². The highest BCUT2D eigenvalue weighted by atomic mass is 16.5. The zero-order chi connectivity index (χ0) is 14.7. The molecule has 0 amide bonds. The third kappa shape index (κ3) is 2.52. The van der Waals surface area contributed by atoms with Gasteiger partial charge in [0, 0.05) is 6.20 Å². The van der Waals surface area contributed by atoms with Gasteiger partial charge in [0.25, 0.3) is 0 Å². The Bertz CT molecular complexity index is 693. The van der Waals surface area contributed by atoms with Gasteiger partial charge >= 0.3 is 0 Å². The zero-order valence-electron chi connectivity index (χ0n) is 12.0. The molecule has 1 aliphatic rings. The lowest BCUT2D eigenvalue weighted by Gasteiger charge is -2.17. The Balaban J connectivity index is 2.16. The highest BCUT2D eigenvalue weighted by Crippen LogP contribution is 2.38. The van der Waals surface area contributed by atoms with Gasteiger partial charge < -0.3 is 9.47 Å². The molecule has 21 heavy (non-hydrogen) atoms.